The normalized spacial score (nSPS) is 10.7. The molecule has 0 saturated carbocycles. The highest BCUT2D eigenvalue weighted by Gasteiger charge is 2.05. The number of nitrogens with two attached hydrogens (primary N) is 1. The number of halogens is 1. The number of hydrogen-bond acceptors (Lipinski definition) is 3. The summed E-state index contributed by atoms with van der Waals surface area (Å²) in [5, 5.41) is 1.90. The van der Waals surface area contributed by atoms with Crippen molar-refractivity contribution < 1.29 is 4.74 Å². The maximum absolute atomic E-state index is 5.95. The van der Waals surface area contributed by atoms with Crippen molar-refractivity contribution in [2.24, 2.45) is 0 Å². The third kappa shape index (κ3) is 2.60. The van der Waals surface area contributed by atoms with Crippen molar-refractivity contribution in [3.8, 4) is 5.75 Å². The molecule has 3 aromatic rings. The second-order valence-electron chi connectivity index (χ2n) is 4.49. The summed E-state index contributed by atoms with van der Waals surface area (Å²) in [7, 11) is 0. The minimum absolute atomic E-state index is 0.522. The van der Waals surface area contributed by atoms with E-state index in [1.165, 1.54) is 0 Å². The van der Waals surface area contributed by atoms with Gasteiger partial charge >= 0.3 is 0 Å². The molecule has 20 heavy (non-hydrogen) atoms. The second kappa shape index (κ2) is 5.51. The lowest BCUT2D eigenvalue weighted by atomic mass is 10.1. The van der Waals surface area contributed by atoms with E-state index < -0.39 is 0 Å². The summed E-state index contributed by atoms with van der Waals surface area (Å²) in [4.78, 5) is 4.10. The molecule has 0 fully saturated rings. The Bertz CT molecular complexity index is 741. The van der Waals surface area contributed by atoms with Gasteiger partial charge in [0, 0.05) is 33.3 Å². The van der Waals surface area contributed by atoms with Crippen LogP contribution in [0.2, 0.25) is 0 Å². The average Bonchev–Trinajstić information content (AvgIpc) is 2.49. The van der Waals surface area contributed by atoms with Gasteiger partial charge < -0.3 is 10.5 Å². The van der Waals surface area contributed by atoms with Gasteiger partial charge in [-0.3, -0.25) is 4.98 Å². The number of aromatic nitrogens is 1. The highest BCUT2D eigenvalue weighted by Crippen LogP contribution is 2.29. The highest BCUT2D eigenvalue weighted by molar-refractivity contribution is 9.10. The first-order valence-corrected chi connectivity index (χ1v) is 7.03. The van der Waals surface area contributed by atoms with Gasteiger partial charge in [-0.05, 0) is 35.9 Å². The first-order chi connectivity index (χ1) is 9.74. The van der Waals surface area contributed by atoms with Gasteiger partial charge in [0.2, 0.25) is 0 Å². The number of ether oxygens (including phenoxy) is 1. The van der Waals surface area contributed by atoms with Crippen LogP contribution in [0.25, 0.3) is 10.8 Å². The summed E-state index contributed by atoms with van der Waals surface area (Å²) in [6, 6.07) is 13.7. The van der Waals surface area contributed by atoms with E-state index in [1.54, 1.807) is 12.4 Å². The van der Waals surface area contributed by atoms with Crippen LogP contribution in [0.15, 0.2) is 59.3 Å². The van der Waals surface area contributed by atoms with E-state index in [0.29, 0.717) is 12.3 Å². The zero-order valence-corrected chi connectivity index (χ0v) is 12.3. The molecule has 3 rings (SSSR count). The maximum Gasteiger partial charge on any atom is 0.127 e. The Labute approximate surface area is 125 Å². The van der Waals surface area contributed by atoms with Gasteiger partial charge in [-0.15, -0.1) is 0 Å². The molecular formula is C16H13BrN2O. The Morgan fingerprint density at radius 3 is 2.60 bits per heavy atom. The Morgan fingerprint density at radius 2 is 1.80 bits per heavy atom. The fourth-order valence-electron chi connectivity index (χ4n) is 2.05. The summed E-state index contributed by atoms with van der Waals surface area (Å²) in [6.07, 6.45) is 3.51. The number of fused-ring (bicyclic) bond motifs is 1. The van der Waals surface area contributed by atoms with Crippen LogP contribution < -0.4 is 10.5 Å². The van der Waals surface area contributed by atoms with Crippen LogP contribution in [0.1, 0.15) is 5.56 Å². The molecule has 3 nitrogen and oxygen atoms in total. The molecule has 0 saturated heterocycles. The van der Waals surface area contributed by atoms with Crippen LogP contribution in [0.3, 0.4) is 0 Å². The van der Waals surface area contributed by atoms with Crippen LogP contribution in [0, 0.1) is 0 Å². The van der Waals surface area contributed by atoms with Crippen molar-refractivity contribution in [3.63, 3.8) is 0 Å². The van der Waals surface area contributed by atoms with Gasteiger partial charge in [0.1, 0.15) is 12.4 Å². The number of nitrogens with zero attached hydrogens (tertiary/aromatic N) is 1. The van der Waals surface area contributed by atoms with Crippen LogP contribution >= 0.6 is 15.9 Å². The zero-order chi connectivity index (χ0) is 13.9. The molecule has 0 spiro atoms. The molecule has 1 aromatic heterocycles. The maximum atomic E-state index is 5.95. The number of rotatable bonds is 3. The van der Waals surface area contributed by atoms with Crippen molar-refractivity contribution in [1.29, 1.82) is 0 Å². The van der Waals surface area contributed by atoms with Crippen LogP contribution in [-0.2, 0) is 6.61 Å². The molecule has 1 heterocycles. The topological polar surface area (TPSA) is 48.1 Å². The molecule has 0 amide bonds. The number of benzene rings is 2. The molecule has 0 bridgehead atoms. The molecule has 0 aliphatic heterocycles. The van der Waals surface area contributed by atoms with Crippen molar-refractivity contribution in [1.82, 2.24) is 4.98 Å². The molecule has 0 unspecified atom stereocenters. The van der Waals surface area contributed by atoms with Gasteiger partial charge in [0.15, 0.2) is 0 Å². The predicted molar refractivity (Wildman–Crippen MR) is 84.6 cm³/mol. The summed E-state index contributed by atoms with van der Waals surface area (Å²) < 4.78 is 6.96. The Balaban J connectivity index is 1.88. The van der Waals surface area contributed by atoms with E-state index in [9.17, 15) is 0 Å². The number of pyridine rings is 1. The van der Waals surface area contributed by atoms with Gasteiger partial charge in [0.25, 0.3) is 0 Å². The van der Waals surface area contributed by atoms with Crippen molar-refractivity contribution in [3.05, 3.63) is 64.9 Å². The third-order valence-corrected chi connectivity index (χ3v) is 3.65. The number of anilines is 1. The molecule has 0 aliphatic rings. The fraction of sp³-hybridized carbons (Fsp3) is 0.0625. The zero-order valence-electron chi connectivity index (χ0n) is 10.7. The predicted octanol–water partition coefficient (Wildman–Crippen LogP) is 4.16. The summed E-state index contributed by atoms with van der Waals surface area (Å²) in [5.41, 5.74) is 7.78. The minimum Gasteiger partial charge on any atom is -0.488 e. The van der Waals surface area contributed by atoms with E-state index in [-0.39, 0.29) is 0 Å². The standard InChI is InChI=1S/C16H13BrN2O/c17-12-3-1-11(2-4-12)10-20-16-6-5-15(18)14-9-19-8-7-13(14)16/h1-9H,10,18H2. The lowest BCUT2D eigenvalue weighted by Gasteiger charge is -2.10. The number of hydrogen-bond donors (Lipinski definition) is 1. The second-order valence-corrected chi connectivity index (χ2v) is 5.41. The Morgan fingerprint density at radius 1 is 1.00 bits per heavy atom. The summed E-state index contributed by atoms with van der Waals surface area (Å²) in [5.74, 6) is 0.819. The molecule has 2 N–H and O–H groups in total. The van der Waals surface area contributed by atoms with Crippen LogP contribution in [0.5, 0.6) is 5.75 Å². The number of nitrogen functional groups attached to an aromatic ring is 1. The van der Waals surface area contributed by atoms with Gasteiger partial charge in [-0.25, -0.2) is 0 Å². The summed E-state index contributed by atoms with van der Waals surface area (Å²) in [6.45, 7) is 0.522. The van der Waals surface area contributed by atoms with Crippen LogP contribution in [-0.4, -0.2) is 4.98 Å². The SMILES string of the molecule is Nc1ccc(OCc2ccc(Br)cc2)c2ccncc12. The van der Waals surface area contributed by atoms with E-state index in [2.05, 4.69) is 20.9 Å². The highest BCUT2D eigenvalue weighted by atomic mass is 79.9. The fourth-order valence-corrected chi connectivity index (χ4v) is 2.32. The molecule has 100 valence electrons. The molecular weight excluding hydrogens is 316 g/mol. The van der Waals surface area contributed by atoms with Crippen molar-refractivity contribution >= 4 is 32.4 Å². The smallest absolute Gasteiger partial charge is 0.127 e. The summed E-state index contributed by atoms with van der Waals surface area (Å²) >= 11 is 3.42. The van der Waals surface area contributed by atoms with Gasteiger partial charge in [0.05, 0.1) is 0 Å². The lowest BCUT2D eigenvalue weighted by Crippen LogP contribution is -1.97. The average molecular weight is 329 g/mol. The van der Waals surface area contributed by atoms with Gasteiger partial charge in [-0.2, -0.15) is 0 Å². The van der Waals surface area contributed by atoms with Crippen LogP contribution in [0.4, 0.5) is 5.69 Å². The first kappa shape index (κ1) is 12.9. The van der Waals surface area contributed by atoms with E-state index in [4.69, 9.17) is 10.5 Å². The molecule has 0 atom stereocenters. The largest absolute Gasteiger partial charge is 0.488 e. The van der Waals surface area contributed by atoms with E-state index in [0.717, 1.165) is 26.6 Å². The molecule has 2 aromatic carbocycles. The Kier molecular flexibility index (Phi) is 3.56. The molecule has 4 heteroatoms. The monoisotopic (exact) mass is 328 g/mol. The minimum atomic E-state index is 0.522. The molecule has 0 radical (unpaired) electrons. The van der Waals surface area contributed by atoms with E-state index >= 15 is 0 Å². The lowest BCUT2D eigenvalue weighted by molar-refractivity contribution is 0.310. The van der Waals surface area contributed by atoms with Crippen molar-refractivity contribution in [2.75, 3.05) is 5.73 Å². The Hall–Kier alpha value is -2.07. The van der Waals surface area contributed by atoms with Crippen molar-refractivity contribution in [2.45, 2.75) is 6.61 Å². The quantitative estimate of drug-likeness (QED) is 0.734. The van der Waals surface area contributed by atoms with E-state index in [1.807, 2.05) is 42.5 Å². The molecule has 0 aliphatic carbocycles. The first-order valence-electron chi connectivity index (χ1n) is 6.23. The third-order valence-electron chi connectivity index (χ3n) is 3.12. The van der Waals surface area contributed by atoms with Gasteiger partial charge in [-0.1, -0.05) is 28.1 Å².